The van der Waals surface area contributed by atoms with Crippen molar-refractivity contribution >= 4 is 29.0 Å². The minimum absolute atomic E-state index is 0.0167. The fourth-order valence-electron chi connectivity index (χ4n) is 2.75. The lowest BCUT2D eigenvalue weighted by Crippen LogP contribution is -2.36. The largest absolute Gasteiger partial charge is 0.497 e. The van der Waals surface area contributed by atoms with Gasteiger partial charge in [-0.05, 0) is 49.4 Å². The number of nitrogens with zero attached hydrogens (tertiary/aromatic N) is 1. The van der Waals surface area contributed by atoms with Crippen molar-refractivity contribution in [2.45, 2.75) is 17.1 Å². The number of hydrogen-bond acceptors (Lipinski definition) is 5. The number of ether oxygens (including phenoxy) is 2. The average Bonchev–Trinajstić information content (AvgIpc) is 2.69. The number of nitrogens with one attached hydrogen (secondary N) is 1. The van der Waals surface area contributed by atoms with Gasteiger partial charge in [-0.1, -0.05) is 6.07 Å². The van der Waals surface area contributed by atoms with Gasteiger partial charge in [0.2, 0.25) is 5.91 Å². The first-order valence-electron chi connectivity index (χ1n) is 8.70. The first-order chi connectivity index (χ1) is 12.7. The zero-order valence-corrected chi connectivity index (χ0v) is 15.9. The van der Waals surface area contributed by atoms with E-state index in [1.165, 1.54) is 11.8 Å². The van der Waals surface area contributed by atoms with Crippen LogP contribution in [0, 0.1) is 0 Å². The lowest BCUT2D eigenvalue weighted by atomic mass is 10.2. The number of thioether (sulfide) groups is 1. The SMILES string of the molecule is COc1cccc(SC(C)C(=O)Nc2ccc(N3CCOCC3)cc2)c1. The highest BCUT2D eigenvalue weighted by atomic mass is 32.2. The maximum Gasteiger partial charge on any atom is 0.237 e. The van der Waals surface area contributed by atoms with Gasteiger partial charge in [0.05, 0.1) is 25.6 Å². The molecule has 1 fully saturated rings. The summed E-state index contributed by atoms with van der Waals surface area (Å²) in [4.78, 5) is 15.8. The van der Waals surface area contributed by atoms with Crippen molar-refractivity contribution in [1.29, 1.82) is 0 Å². The second-order valence-electron chi connectivity index (χ2n) is 6.07. The van der Waals surface area contributed by atoms with Crippen LogP contribution in [-0.4, -0.2) is 44.6 Å². The van der Waals surface area contributed by atoms with E-state index in [-0.39, 0.29) is 11.2 Å². The molecule has 0 aromatic heterocycles. The molecular formula is C20H24N2O3S. The summed E-state index contributed by atoms with van der Waals surface area (Å²) in [5.41, 5.74) is 1.97. The fraction of sp³-hybridized carbons (Fsp3) is 0.350. The Kier molecular flexibility index (Phi) is 6.41. The third-order valence-corrected chi connectivity index (χ3v) is 5.33. The molecule has 5 nitrogen and oxygen atoms in total. The molecule has 1 aliphatic heterocycles. The highest BCUT2D eigenvalue weighted by Crippen LogP contribution is 2.27. The predicted octanol–water partition coefficient (Wildman–Crippen LogP) is 3.65. The summed E-state index contributed by atoms with van der Waals surface area (Å²) < 4.78 is 10.6. The Balaban J connectivity index is 1.56. The molecule has 1 amide bonds. The van der Waals surface area contributed by atoms with Crippen molar-refractivity contribution in [3.63, 3.8) is 0 Å². The normalized spacial score (nSPS) is 15.4. The fourth-order valence-corrected chi connectivity index (χ4v) is 3.67. The van der Waals surface area contributed by atoms with Crippen molar-refractivity contribution in [2.24, 2.45) is 0 Å². The van der Waals surface area contributed by atoms with Crippen LogP contribution in [0.5, 0.6) is 5.75 Å². The maximum absolute atomic E-state index is 12.5. The Bertz CT molecular complexity index is 730. The van der Waals surface area contributed by atoms with Gasteiger partial charge in [0, 0.05) is 29.4 Å². The van der Waals surface area contributed by atoms with Crippen LogP contribution in [0.15, 0.2) is 53.4 Å². The number of morpholine rings is 1. The van der Waals surface area contributed by atoms with Crippen LogP contribution in [0.3, 0.4) is 0 Å². The second kappa shape index (κ2) is 8.96. The smallest absolute Gasteiger partial charge is 0.237 e. The van der Waals surface area contributed by atoms with Gasteiger partial charge < -0.3 is 19.7 Å². The van der Waals surface area contributed by atoms with E-state index in [0.717, 1.165) is 48.3 Å². The molecule has 26 heavy (non-hydrogen) atoms. The number of anilines is 2. The molecule has 1 unspecified atom stereocenters. The van der Waals surface area contributed by atoms with Gasteiger partial charge in [-0.25, -0.2) is 0 Å². The Morgan fingerprint density at radius 1 is 1.19 bits per heavy atom. The Morgan fingerprint density at radius 3 is 2.62 bits per heavy atom. The predicted molar refractivity (Wildman–Crippen MR) is 106 cm³/mol. The van der Waals surface area contributed by atoms with Gasteiger partial charge in [-0.3, -0.25) is 4.79 Å². The van der Waals surface area contributed by atoms with Gasteiger partial charge in [-0.15, -0.1) is 11.8 Å². The lowest BCUT2D eigenvalue weighted by Gasteiger charge is -2.28. The quantitative estimate of drug-likeness (QED) is 0.785. The molecule has 1 atom stereocenters. The third kappa shape index (κ3) is 4.93. The lowest BCUT2D eigenvalue weighted by molar-refractivity contribution is -0.115. The topological polar surface area (TPSA) is 50.8 Å². The standard InChI is InChI=1S/C20H24N2O3S/c1-15(26-19-5-3-4-18(14-19)24-2)20(23)21-16-6-8-17(9-7-16)22-10-12-25-13-11-22/h3-9,14-15H,10-13H2,1-2H3,(H,21,23). The van der Waals surface area contributed by atoms with Crippen LogP contribution >= 0.6 is 11.8 Å². The number of methoxy groups -OCH3 is 1. The van der Waals surface area contributed by atoms with E-state index in [1.807, 2.05) is 55.5 Å². The summed E-state index contributed by atoms with van der Waals surface area (Å²) in [5.74, 6) is 0.776. The Labute approximate surface area is 158 Å². The van der Waals surface area contributed by atoms with Crippen molar-refractivity contribution < 1.29 is 14.3 Å². The van der Waals surface area contributed by atoms with E-state index in [2.05, 4.69) is 10.2 Å². The van der Waals surface area contributed by atoms with Crippen LogP contribution in [0.2, 0.25) is 0 Å². The molecular weight excluding hydrogens is 348 g/mol. The molecule has 1 saturated heterocycles. The highest BCUT2D eigenvalue weighted by Gasteiger charge is 2.16. The van der Waals surface area contributed by atoms with Crippen LogP contribution in [-0.2, 0) is 9.53 Å². The summed E-state index contributed by atoms with van der Waals surface area (Å²) in [5, 5.41) is 2.78. The van der Waals surface area contributed by atoms with E-state index >= 15 is 0 Å². The molecule has 0 bridgehead atoms. The Hall–Kier alpha value is -2.18. The average molecular weight is 372 g/mol. The number of amides is 1. The first kappa shape index (κ1) is 18.6. The maximum atomic E-state index is 12.5. The molecule has 2 aromatic rings. The van der Waals surface area contributed by atoms with E-state index in [1.54, 1.807) is 7.11 Å². The van der Waals surface area contributed by atoms with Crippen LogP contribution in [0.1, 0.15) is 6.92 Å². The molecule has 3 rings (SSSR count). The zero-order chi connectivity index (χ0) is 18.4. The third-order valence-electron chi connectivity index (χ3n) is 4.23. The van der Waals surface area contributed by atoms with Crippen LogP contribution in [0.25, 0.3) is 0 Å². The molecule has 1 heterocycles. The summed E-state index contributed by atoms with van der Waals surface area (Å²) in [7, 11) is 1.64. The number of benzene rings is 2. The number of carbonyl (C=O) groups excluding carboxylic acids is 1. The summed E-state index contributed by atoms with van der Waals surface area (Å²) in [6.45, 7) is 5.23. The van der Waals surface area contributed by atoms with Gasteiger partial charge in [-0.2, -0.15) is 0 Å². The summed E-state index contributed by atoms with van der Waals surface area (Å²) >= 11 is 1.51. The van der Waals surface area contributed by atoms with Crippen LogP contribution in [0.4, 0.5) is 11.4 Å². The highest BCUT2D eigenvalue weighted by molar-refractivity contribution is 8.00. The van der Waals surface area contributed by atoms with E-state index in [9.17, 15) is 4.79 Å². The van der Waals surface area contributed by atoms with Crippen LogP contribution < -0.4 is 15.0 Å². The first-order valence-corrected chi connectivity index (χ1v) is 9.58. The van der Waals surface area contributed by atoms with E-state index in [0.29, 0.717) is 0 Å². The monoisotopic (exact) mass is 372 g/mol. The number of hydrogen-bond donors (Lipinski definition) is 1. The molecule has 0 aliphatic carbocycles. The van der Waals surface area contributed by atoms with E-state index in [4.69, 9.17) is 9.47 Å². The summed E-state index contributed by atoms with van der Waals surface area (Å²) in [6.07, 6.45) is 0. The van der Waals surface area contributed by atoms with Crippen molar-refractivity contribution in [2.75, 3.05) is 43.6 Å². The molecule has 138 valence electrons. The Morgan fingerprint density at radius 2 is 1.92 bits per heavy atom. The zero-order valence-electron chi connectivity index (χ0n) is 15.1. The molecule has 1 aliphatic rings. The van der Waals surface area contributed by atoms with E-state index < -0.39 is 0 Å². The van der Waals surface area contributed by atoms with Gasteiger partial charge in [0.15, 0.2) is 0 Å². The molecule has 2 aromatic carbocycles. The van der Waals surface area contributed by atoms with Crippen molar-refractivity contribution in [3.8, 4) is 5.75 Å². The summed E-state index contributed by atoms with van der Waals surface area (Å²) in [6, 6.07) is 15.7. The number of rotatable bonds is 6. The molecule has 0 saturated carbocycles. The second-order valence-corrected chi connectivity index (χ2v) is 7.49. The van der Waals surface area contributed by atoms with Gasteiger partial charge in [0.25, 0.3) is 0 Å². The van der Waals surface area contributed by atoms with Crippen molar-refractivity contribution in [3.05, 3.63) is 48.5 Å². The minimum Gasteiger partial charge on any atom is -0.497 e. The minimum atomic E-state index is -0.207. The van der Waals surface area contributed by atoms with Gasteiger partial charge in [0.1, 0.15) is 5.75 Å². The van der Waals surface area contributed by atoms with Crippen molar-refractivity contribution in [1.82, 2.24) is 0 Å². The van der Waals surface area contributed by atoms with Gasteiger partial charge >= 0.3 is 0 Å². The number of carbonyl (C=O) groups is 1. The molecule has 0 spiro atoms. The molecule has 1 N–H and O–H groups in total. The molecule has 6 heteroatoms. The molecule has 0 radical (unpaired) electrons.